The Morgan fingerprint density at radius 3 is 2.83 bits per heavy atom. The highest BCUT2D eigenvalue weighted by Crippen LogP contribution is 2.35. The number of rotatable bonds is 10. The van der Waals surface area contributed by atoms with Gasteiger partial charge < -0.3 is 9.84 Å². The van der Waals surface area contributed by atoms with Crippen LogP contribution < -0.4 is 0 Å². The van der Waals surface area contributed by atoms with Crippen molar-refractivity contribution in [1.82, 2.24) is 0 Å². The summed E-state index contributed by atoms with van der Waals surface area (Å²) < 4.78 is 5.32. The summed E-state index contributed by atoms with van der Waals surface area (Å²) in [7, 11) is 0. The number of carbonyl (C=O) groups is 1. The number of allylic oxidation sites excluding steroid dienone is 1. The molecule has 2 atom stereocenters. The van der Waals surface area contributed by atoms with E-state index in [1.54, 1.807) is 6.92 Å². The van der Waals surface area contributed by atoms with E-state index in [4.69, 9.17) is 4.74 Å². The van der Waals surface area contributed by atoms with E-state index in [0.29, 0.717) is 23.7 Å². The van der Waals surface area contributed by atoms with Crippen molar-refractivity contribution in [2.24, 2.45) is 5.92 Å². The highest BCUT2D eigenvalue weighted by molar-refractivity contribution is 7.99. The van der Waals surface area contributed by atoms with Gasteiger partial charge in [-0.05, 0) is 44.8 Å². The highest BCUT2D eigenvalue weighted by Gasteiger charge is 2.33. The first-order chi connectivity index (χ1) is 10.7. The Balaban J connectivity index is 2.39. The zero-order valence-electron chi connectivity index (χ0n) is 15.5. The normalized spacial score (nSPS) is 22.8. The van der Waals surface area contributed by atoms with E-state index in [1.165, 1.54) is 24.8 Å². The minimum absolute atomic E-state index is 0.0840. The van der Waals surface area contributed by atoms with E-state index in [1.807, 2.05) is 17.8 Å². The lowest BCUT2D eigenvalue weighted by atomic mass is 9.93. The van der Waals surface area contributed by atoms with Gasteiger partial charge in [-0.2, -0.15) is 11.8 Å². The maximum Gasteiger partial charge on any atom is 0.309 e. The molecule has 0 bridgehead atoms. The molecule has 0 aromatic carbocycles. The number of thioether (sulfide) groups is 1. The molecule has 0 heterocycles. The van der Waals surface area contributed by atoms with Crippen LogP contribution in [0.2, 0.25) is 0 Å². The van der Waals surface area contributed by atoms with E-state index < -0.39 is 5.60 Å². The van der Waals surface area contributed by atoms with E-state index in [0.717, 1.165) is 12.8 Å². The molecule has 2 unspecified atom stereocenters. The number of ether oxygens (including phenoxy) is 1. The van der Waals surface area contributed by atoms with Gasteiger partial charge in [0.2, 0.25) is 0 Å². The molecule has 0 spiro atoms. The highest BCUT2D eigenvalue weighted by atomic mass is 32.2. The van der Waals surface area contributed by atoms with Gasteiger partial charge in [-0.15, -0.1) is 0 Å². The maximum absolute atomic E-state index is 11.6. The topological polar surface area (TPSA) is 46.5 Å². The van der Waals surface area contributed by atoms with Crippen LogP contribution in [0.1, 0.15) is 72.6 Å². The van der Waals surface area contributed by atoms with Gasteiger partial charge in [0.1, 0.15) is 0 Å². The van der Waals surface area contributed by atoms with E-state index in [9.17, 15) is 9.90 Å². The Hall–Kier alpha value is -0.480. The summed E-state index contributed by atoms with van der Waals surface area (Å²) in [6, 6.07) is 0. The lowest BCUT2D eigenvalue weighted by molar-refractivity contribution is -0.147. The largest absolute Gasteiger partial charge is 0.466 e. The smallest absolute Gasteiger partial charge is 0.309 e. The van der Waals surface area contributed by atoms with Gasteiger partial charge in [0, 0.05) is 4.75 Å². The summed E-state index contributed by atoms with van der Waals surface area (Å²) >= 11 is 1.93. The number of hydrogen-bond acceptors (Lipinski definition) is 4. The molecule has 0 saturated heterocycles. The molecule has 134 valence electrons. The van der Waals surface area contributed by atoms with Crippen molar-refractivity contribution in [2.45, 2.75) is 83.0 Å². The second-order valence-corrected chi connectivity index (χ2v) is 9.07. The van der Waals surface area contributed by atoms with Crippen LogP contribution in [0.15, 0.2) is 11.6 Å². The molecule has 1 aliphatic carbocycles. The average Bonchev–Trinajstić information content (AvgIpc) is 2.79. The number of hydrogen-bond donors (Lipinski definition) is 1. The third-order valence-electron chi connectivity index (χ3n) is 4.75. The average molecular weight is 343 g/mol. The summed E-state index contributed by atoms with van der Waals surface area (Å²) in [5, 5.41) is 10.5. The van der Waals surface area contributed by atoms with E-state index in [2.05, 4.69) is 27.0 Å². The summed E-state index contributed by atoms with van der Waals surface area (Å²) in [6.45, 7) is 9.05. The van der Waals surface area contributed by atoms with Gasteiger partial charge in [0.25, 0.3) is 0 Å². The van der Waals surface area contributed by atoms with Crippen LogP contribution >= 0.6 is 11.8 Å². The zero-order chi connectivity index (χ0) is 17.5. The lowest BCUT2D eigenvalue weighted by Gasteiger charge is -2.22. The molecule has 1 N–H and O–H groups in total. The Kier molecular flexibility index (Phi) is 8.15. The van der Waals surface area contributed by atoms with Gasteiger partial charge in [-0.3, -0.25) is 4.79 Å². The molecule has 23 heavy (non-hydrogen) atoms. The van der Waals surface area contributed by atoms with Crippen molar-refractivity contribution >= 4 is 17.7 Å². The van der Waals surface area contributed by atoms with Crippen LogP contribution in [0, 0.1) is 5.92 Å². The minimum atomic E-state index is -0.984. The van der Waals surface area contributed by atoms with Crippen LogP contribution in [0.25, 0.3) is 0 Å². The summed E-state index contributed by atoms with van der Waals surface area (Å²) in [4.78, 5) is 11.6. The van der Waals surface area contributed by atoms with Gasteiger partial charge in [-0.25, -0.2) is 0 Å². The first kappa shape index (κ1) is 20.6. The van der Waals surface area contributed by atoms with Crippen LogP contribution in [0.5, 0.6) is 0 Å². The Labute approximate surface area is 146 Å². The van der Waals surface area contributed by atoms with Gasteiger partial charge >= 0.3 is 5.97 Å². The lowest BCUT2D eigenvalue weighted by Crippen LogP contribution is -2.27. The quantitative estimate of drug-likeness (QED) is 0.460. The van der Waals surface area contributed by atoms with E-state index >= 15 is 0 Å². The predicted molar refractivity (Wildman–Crippen MR) is 98.7 cm³/mol. The van der Waals surface area contributed by atoms with Crippen molar-refractivity contribution in [1.29, 1.82) is 0 Å². The number of esters is 1. The molecule has 0 fully saturated rings. The molecule has 0 aromatic heterocycles. The number of carbonyl (C=O) groups excluding carboxylic acids is 1. The fourth-order valence-corrected chi connectivity index (χ4v) is 3.54. The standard InChI is InChI=1S/C19H34O3S/c1-6-22-17(20)14-19(21)11-9-16(13-19)12-15(2)8-7-10-18(3,4)23-5/h13,15,21H,6-12,14H2,1-5H3. The predicted octanol–water partition coefficient (Wildman–Crippen LogP) is 4.73. The summed E-state index contributed by atoms with van der Waals surface area (Å²) in [5.74, 6) is 0.323. The van der Waals surface area contributed by atoms with E-state index in [-0.39, 0.29) is 12.4 Å². The monoisotopic (exact) mass is 342 g/mol. The third-order valence-corrected chi connectivity index (χ3v) is 6.06. The fraction of sp³-hybridized carbons (Fsp3) is 0.842. The minimum Gasteiger partial charge on any atom is -0.466 e. The molecule has 4 heteroatoms. The van der Waals surface area contributed by atoms with Gasteiger partial charge in [0.05, 0.1) is 18.6 Å². The zero-order valence-corrected chi connectivity index (χ0v) is 16.3. The first-order valence-electron chi connectivity index (χ1n) is 8.83. The summed E-state index contributed by atoms with van der Waals surface area (Å²) in [5.41, 5.74) is 0.315. The first-order valence-corrected chi connectivity index (χ1v) is 10.1. The van der Waals surface area contributed by atoms with Crippen molar-refractivity contribution in [3.8, 4) is 0 Å². The fourth-order valence-electron chi connectivity index (χ4n) is 3.19. The SMILES string of the molecule is CCOC(=O)CC1(O)C=C(CC(C)CCCC(C)(C)SC)CC1. The van der Waals surface area contributed by atoms with Crippen molar-refractivity contribution in [3.05, 3.63) is 11.6 Å². The molecule has 0 saturated carbocycles. The molecule has 0 aromatic rings. The van der Waals surface area contributed by atoms with Crippen LogP contribution in [0.3, 0.4) is 0 Å². The molecule has 0 aliphatic heterocycles. The van der Waals surface area contributed by atoms with Crippen LogP contribution in [0.4, 0.5) is 0 Å². The summed E-state index contributed by atoms with van der Waals surface area (Å²) in [6.07, 6.45) is 10.5. The Bertz CT molecular complexity index is 417. The Morgan fingerprint density at radius 1 is 1.52 bits per heavy atom. The molecular formula is C19H34O3S. The molecular weight excluding hydrogens is 308 g/mol. The maximum atomic E-state index is 11.6. The molecule has 0 radical (unpaired) electrons. The van der Waals surface area contributed by atoms with Crippen LogP contribution in [-0.4, -0.2) is 34.3 Å². The van der Waals surface area contributed by atoms with Gasteiger partial charge in [0.15, 0.2) is 0 Å². The molecule has 0 amide bonds. The second-order valence-electron chi connectivity index (χ2n) is 7.55. The van der Waals surface area contributed by atoms with Crippen molar-refractivity contribution < 1.29 is 14.6 Å². The van der Waals surface area contributed by atoms with Crippen molar-refractivity contribution in [3.63, 3.8) is 0 Å². The third kappa shape index (κ3) is 7.75. The number of aliphatic hydroxyl groups is 1. The van der Waals surface area contributed by atoms with Crippen molar-refractivity contribution in [2.75, 3.05) is 12.9 Å². The van der Waals surface area contributed by atoms with Gasteiger partial charge in [-0.1, -0.05) is 45.3 Å². The van der Waals surface area contributed by atoms with Crippen LogP contribution in [-0.2, 0) is 9.53 Å². The molecule has 1 aliphatic rings. The second kappa shape index (κ2) is 9.12. The molecule has 1 rings (SSSR count). The Morgan fingerprint density at radius 2 is 2.22 bits per heavy atom. The molecule has 3 nitrogen and oxygen atoms in total.